The Bertz CT molecular complexity index is 600. The molecule has 116 valence electrons. The molecule has 1 aromatic carbocycles. The van der Waals surface area contributed by atoms with Crippen LogP contribution in [0.5, 0.6) is 0 Å². The van der Waals surface area contributed by atoms with Crippen LogP contribution >= 0.6 is 0 Å². The lowest BCUT2D eigenvalue weighted by atomic mass is 10.3. The van der Waals surface area contributed by atoms with E-state index in [-0.39, 0.29) is 10.6 Å². The van der Waals surface area contributed by atoms with Crippen molar-refractivity contribution in [1.29, 1.82) is 0 Å². The standard InChI is InChI=1S/C11H16N4O5S/c1-2-3-8-12-11(16)13-14-21(19,20)10-6-4-9(5-7-10)15(17)18/h4-7,14H,2-3,8H2,1H3,(H2,12,13,16). The van der Waals surface area contributed by atoms with Crippen molar-refractivity contribution in [2.75, 3.05) is 6.54 Å². The molecular weight excluding hydrogens is 300 g/mol. The van der Waals surface area contributed by atoms with Gasteiger partial charge < -0.3 is 5.32 Å². The topological polar surface area (TPSA) is 130 Å². The van der Waals surface area contributed by atoms with E-state index in [1.165, 1.54) is 0 Å². The number of amides is 2. The summed E-state index contributed by atoms with van der Waals surface area (Å²) in [5, 5.41) is 12.9. The first-order chi connectivity index (χ1) is 9.86. The Morgan fingerprint density at radius 3 is 2.43 bits per heavy atom. The zero-order valence-electron chi connectivity index (χ0n) is 11.3. The average Bonchev–Trinajstić information content (AvgIpc) is 2.45. The lowest BCUT2D eigenvalue weighted by molar-refractivity contribution is -0.384. The molecule has 21 heavy (non-hydrogen) atoms. The van der Waals surface area contributed by atoms with Gasteiger partial charge in [0.15, 0.2) is 0 Å². The number of rotatable bonds is 7. The Morgan fingerprint density at radius 1 is 1.29 bits per heavy atom. The number of sulfonamides is 1. The van der Waals surface area contributed by atoms with E-state index in [1.807, 2.05) is 17.2 Å². The molecule has 0 aliphatic carbocycles. The molecule has 0 saturated carbocycles. The molecule has 0 radical (unpaired) electrons. The van der Waals surface area contributed by atoms with Crippen LogP contribution in [0.1, 0.15) is 19.8 Å². The largest absolute Gasteiger partial charge is 0.337 e. The number of unbranched alkanes of at least 4 members (excludes halogenated alkanes) is 1. The summed E-state index contributed by atoms with van der Waals surface area (Å²) < 4.78 is 23.6. The molecule has 0 spiro atoms. The lowest BCUT2D eigenvalue weighted by Gasteiger charge is -2.09. The zero-order valence-corrected chi connectivity index (χ0v) is 12.1. The molecule has 2 amide bonds. The zero-order chi connectivity index (χ0) is 15.9. The first-order valence-corrected chi connectivity index (χ1v) is 7.65. The van der Waals surface area contributed by atoms with Gasteiger partial charge in [-0.05, 0) is 18.6 Å². The second-order valence-corrected chi connectivity index (χ2v) is 5.77. The summed E-state index contributed by atoms with van der Waals surface area (Å²) in [7, 11) is -3.97. The van der Waals surface area contributed by atoms with Crippen molar-refractivity contribution >= 4 is 21.7 Å². The Labute approximate surface area is 121 Å². The molecule has 10 heteroatoms. The monoisotopic (exact) mass is 316 g/mol. The molecule has 0 aromatic heterocycles. The molecule has 0 bridgehead atoms. The van der Waals surface area contributed by atoms with Crippen LogP contribution in [0.15, 0.2) is 29.2 Å². The summed E-state index contributed by atoms with van der Waals surface area (Å²) in [5.74, 6) is 0. The van der Waals surface area contributed by atoms with Gasteiger partial charge in [-0.2, -0.15) is 0 Å². The summed E-state index contributed by atoms with van der Waals surface area (Å²) >= 11 is 0. The minimum Gasteiger partial charge on any atom is -0.337 e. The predicted octanol–water partition coefficient (Wildman–Crippen LogP) is 0.887. The number of carbonyl (C=O) groups excluding carboxylic acids is 1. The number of non-ortho nitro benzene ring substituents is 1. The van der Waals surface area contributed by atoms with Gasteiger partial charge in [-0.25, -0.2) is 13.2 Å². The number of carbonyl (C=O) groups is 1. The van der Waals surface area contributed by atoms with Gasteiger partial charge in [0.2, 0.25) is 0 Å². The number of urea groups is 1. The van der Waals surface area contributed by atoms with Gasteiger partial charge in [-0.15, -0.1) is 4.83 Å². The van der Waals surface area contributed by atoms with Crippen LogP contribution in [0.2, 0.25) is 0 Å². The second kappa shape index (κ2) is 7.55. The average molecular weight is 316 g/mol. The van der Waals surface area contributed by atoms with Crippen molar-refractivity contribution in [3.05, 3.63) is 34.4 Å². The molecule has 3 N–H and O–H groups in total. The second-order valence-electron chi connectivity index (χ2n) is 4.09. The van der Waals surface area contributed by atoms with E-state index in [1.54, 1.807) is 0 Å². The van der Waals surface area contributed by atoms with Crippen LogP contribution in [-0.4, -0.2) is 25.9 Å². The Morgan fingerprint density at radius 2 is 1.90 bits per heavy atom. The number of nitro benzene ring substituents is 1. The van der Waals surface area contributed by atoms with Crippen LogP contribution < -0.4 is 15.6 Å². The highest BCUT2D eigenvalue weighted by molar-refractivity contribution is 7.89. The maximum atomic E-state index is 11.8. The quantitative estimate of drug-likeness (QED) is 0.390. The fraction of sp³-hybridized carbons (Fsp3) is 0.364. The molecule has 0 fully saturated rings. The Kier molecular flexibility index (Phi) is 6.06. The van der Waals surface area contributed by atoms with Crippen LogP contribution in [0.4, 0.5) is 10.5 Å². The third kappa shape index (κ3) is 5.36. The normalized spacial score (nSPS) is 10.9. The Balaban J connectivity index is 2.61. The fourth-order valence-corrected chi connectivity index (χ4v) is 2.18. The number of hydrazine groups is 1. The van der Waals surface area contributed by atoms with Crippen LogP contribution in [0, 0.1) is 10.1 Å². The van der Waals surface area contributed by atoms with Gasteiger partial charge in [-0.1, -0.05) is 13.3 Å². The first kappa shape index (κ1) is 16.9. The van der Waals surface area contributed by atoms with E-state index >= 15 is 0 Å². The van der Waals surface area contributed by atoms with E-state index in [2.05, 4.69) is 5.32 Å². The van der Waals surface area contributed by atoms with Crippen molar-refractivity contribution in [3.63, 3.8) is 0 Å². The van der Waals surface area contributed by atoms with Gasteiger partial charge in [0.25, 0.3) is 15.7 Å². The van der Waals surface area contributed by atoms with Crippen molar-refractivity contribution in [3.8, 4) is 0 Å². The summed E-state index contributed by atoms with van der Waals surface area (Å²) in [4.78, 5) is 22.8. The third-order valence-electron chi connectivity index (χ3n) is 2.47. The van der Waals surface area contributed by atoms with E-state index in [9.17, 15) is 23.3 Å². The van der Waals surface area contributed by atoms with Gasteiger partial charge >= 0.3 is 6.03 Å². The SMILES string of the molecule is CCCCNC(=O)NNS(=O)(=O)c1ccc([N+](=O)[O-])cc1. The molecule has 0 heterocycles. The number of nitrogens with zero attached hydrogens (tertiary/aromatic N) is 1. The van der Waals surface area contributed by atoms with Gasteiger partial charge in [0.1, 0.15) is 0 Å². The molecule has 0 atom stereocenters. The van der Waals surface area contributed by atoms with Crippen molar-refractivity contribution in [1.82, 2.24) is 15.6 Å². The number of benzene rings is 1. The van der Waals surface area contributed by atoms with Gasteiger partial charge in [0.05, 0.1) is 9.82 Å². The van der Waals surface area contributed by atoms with Crippen molar-refractivity contribution in [2.24, 2.45) is 0 Å². The minimum atomic E-state index is -3.97. The number of hydrogen-bond donors (Lipinski definition) is 3. The number of nitro groups is 1. The van der Waals surface area contributed by atoms with Crippen LogP contribution in [-0.2, 0) is 10.0 Å². The molecule has 1 rings (SSSR count). The lowest BCUT2D eigenvalue weighted by Crippen LogP contribution is -2.47. The Hall–Kier alpha value is -2.20. The highest BCUT2D eigenvalue weighted by Crippen LogP contribution is 2.15. The first-order valence-electron chi connectivity index (χ1n) is 6.17. The van der Waals surface area contributed by atoms with E-state index in [0.29, 0.717) is 6.54 Å². The molecular formula is C11H16N4O5S. The molecule has 0 aliphatic rings. The van der Waals surface area contributed by atoms with E-state index in [4.69, 9.17) is 0 Å². The fourth-order valence-electron chi connectivity index (χ4n) is 1.34. The van der Waals surface area contributed by atoms with Crippen molar-refractivity contribution in [2.45, 2.75) is 24.7 Å². The maximum Gasteiger partial charge on any atom is 0.329 e. The van der Waals surface area contributed by atoms with Crippen molar-refractivity contribution < 1.29 is 18.1 Å². The van der Waals surface area contributed by atoms with E-state index in [0.717, 1.165) is 37.1 Å². The van der Waals surface area contributed by atoms with Gasteiger partial charge in [0, 0.05) is 18.7 Å². The highest BCUT2D eigenvalue weighted by atomic mass is 32.2. The summed E-state index contributed by atoms with van der Waals surface area (Å²) in [6, 6.07) is 3.62. The molecule has 0 aliphatic heterocycles. The predicted molar refractivity (Wildman–Crippen MR) is 74.9 cm³/mol. The highest BCUT2D eigenvalue weighted by Gasteiger charge is 2.16. The third-order valence-corrected chi connectivity index (χ3v) is 3.74. The smallest absolute Gasteiger partial charge is 0.329 e. The number of nitrogens with one attached hydrogen (secondary N) is 3. The molecule has 0 saturated heterocycles. The van der Waals surface area contributed by atoms with E-state index < -0.39 is 21.0 Å². The molecule has 0 unspecified atom stereocenters. The van der Waals surface area contributed by atoms with Crippen LogP contribution in [0.25, 0.3) is 0 Å². The minimum absolute atomic E-state index is 0.193. The molecule has 9 nitrogen and oxygen atoms in total. The van der Waals surface area contributed by atoms with Gasteiger partial charge in [-0.3, -0.25) is 15.5 Å². The number of hydrogen-bond acceptors (Lipinski definition) is 5. The maximum absolute atomic E-state index is 11.8. The summed E-state index contributed by atoms with van der Waals surface area (Å²) in [5.41, 5.74) is 1.77. The molecule has 1 aromatic rings. The van der Waals surface area contributed by atoms with Crippen LogP contribution in [0.3, 0.4) is 0 Å². The summed E-state index contributed by atoms with van der Waals surface area (Å²) in [6.07, 6.45) is 1.68. The summed E-state index contributed by atoms with van der Waals surface area (Å²) in [6.45, 7) is 2.39.